The van der Waals surface area contributed by atoms with Gasteiger partial charge in [-0.1, -0.05) is 19.3 Å². The van der Waals surface area contributed by atoms with Crippen molar-refractivity contribution in [3.63, 3.8) is 0 Å². The first-order chi connectivity index (χ1) is 9.92. The Morgan fingerprint density at radius 3 is 2.43 bits per heavy atom. The fourth-order valence-corrected chi connectivity index (χ4v) is 1.82. The molecule has 0 radical (unpaired) electrons. The molecule has 0 atom stereocenters. The lowest BCUT2D eigenvalue weighted by molar-refractivity contribution is -0.135. The standard InChI is InChI=1S/C14H20F3NO3/c1-20-12-10-18-13(9-11(12)19)21-8-6-4-2-3-5-7-14(15,16)17/h9-10H,2-8H2,1H3,(H,18,19). The van der Waals surface area contributed by atoms with Gasteiger partial charge in [0.1, 0.15) is 0 Å². The van der Waals surface area contributed by atoms with Crippen molar-refractivity contribution in [2.24, 2.45) is 0 Å². The van der Waals surface area contributed by atoms with Gasteiger partial charge in [-0.3, -0.25) is 4.79 Å². The van der Waals surface area contributed by atoms with Crippen molar-refractivity contribution in [3.8, 4) is 11.6 Å². The molecule has 0 aliphatic carbocycles. The molecule has 21 heavy (non-hydrogen) atoms. The van der Waals surface area contributed by atoms with Gasteiger partial charge in [0.25, 0.3) is 0 Å². The zero-order valence-corrected chi connectivity index (χ0v) is 12.0. The van der Waals surface area contributed by atoms with E-state index in [0.29, 0.717) is 18.9 Å². The Kier molecular flexibility index (Phi) is 7.11. The molecular formula is C14H20F3NO3. The second kappa shape index (κ2) is 8.59. The molecule has 7 heteroatoms. The van der Waals surface area contributed by atoms with Gasteiger partial charge in [0, 0.05) is 12.5 Å². The largest absolute Gasteiger partial charge is 0.491 e. The van der Waals surface area contributed by atoms with Crippen LogP contribution in [0.4, 0.5) is 13.2 Å². The third kappa shape index (κ3) is 7.63. The maximum Gasteiger partial charge on any atom is 0.389 e. The number of H-pyrrole nitrogens is 1. The van der Waals surface area contributed by atoms with Gasteiger partial charge in [-0.15, -0.1) is 0 Å². The fraction of sp³-hybridized carbons (Fsp3) is 0.643. The van der Waals surface area contributed by atoms with E-state index in [2.05, 4.69) is 4.98 Å². The fourth-order valence-electron chi connectivity index (χ4n) is 1.82. The normalized spacial score (nSPS) is 11.4. The molecule has 0 aliphatic rings. The minimum atomic E-state index is -4.05. The molecule has 120 valence electrons. The summed E-state index contributed by atoms with van der Waals surface area (Å²) < 4.78 is 45.9. The van der Waals surface area contributed by atoms with Crippen LogP contribution >= 0.6 is 0 Å². The molecule has 1 aromatic heterocycles. The number of hydrogen-bond donors (Lipinski definition) is 1. The molecular weight excluding hydrogens is 287 g/mol. The van der Waals surface area contributed by atoms with Gasteiger partial charge in [0.05, 0.1) is 19.9 Å². The number of aromatic amines is 1. The molecule has 0 bridgehead atoms. The number of aromatic nitrogens is 1. The van der Waals surface area contributed by atoms with E-state index in [9.17, 15) is 18.0 Å². The van der Waals surface area contributed by atoms with E-state index in [-0.39, 0.29) is 17.6 Å². The maximum atomic E-state index is 11.9. The van der Waals surface area contributed by atoms with Crippen LogP contribution in [-0.4, -0.2) is 24.9 Å². The zero-order chi connectivity index (χ0) is 15.7. The highest BCUT2D eigenvalue weighted by Crippen LogP contribution is 2.23. The number of ether oxygens (including phenoxy) is 2. The monoisotopic (exact) mass is 307 g/mol. The lowest BCUT2D eigenvalue weighted by Gasteiger charge is -2.07. The minimum absolute atomic E-state index is 0.177. The Morgan fingerprint density at radius 1 is 1.14 bits per heavy atom. The van der Waals surface area contributed by atoms with E-state index in [0.717, 1.165) is 19.3 Å². The molecule has 1 rings (SSSR count). The first kappa shape index (κ1) is 17.4. The van der Waals surface area contributed by atoms with Crippen molar-refractivity contribution in [1.82, 2.24) is 4.98 Å². The van der Waals surface area contributed by atoms with Gasteiger partial charge in [-0.2, -0.15) is 13.2 Å². The van der Waals surface area contributed by atoms with E-state index in [1.54, 1.807) is 0 Å². The van der Waals surface area contributed by atoms with Crippen LogP contribution in [0.25, 0.3) is 0 Å². The highest BCUT2D eigenvalue weighted by molar-refractivity contribution is 5.22. The maximum absolute atomic E-state index is 11.9. The molecule has 1 N–H and O–H groups in total. The molecule has 0 fully saturated rings. The highest BCUT2D eigenvalue weighted by atomic mass is 19.4. The number of hydrogen-bond acceptors (Lipinski definition) is 3. The summed E-state index contributed by atoms with van der Waals surface area (Å²) >= 11 is 0. The Hall–Kier alpha value is -1.66. The molecule has 0 spiro atoms. The number of alkyl halides is 3. The molecule has 0 saturated carbocycles. The van der Waals surface area contributed by atoms with Crippen molar-refractivity contribution >= 4 is 0 Å². The summed E-state index contributed by atoms with van der Waals surface area (Å²) in [5, 5.41) is 0. The van der Waals surface area contributed by atoms with Crippen LogP contribution < -0.4 is 14.9 Å². The Morgan fingerprint density at radius 2 is 1.81 bits per heavy atom. The van der Waals surface area contributed by atoms with Gasteiger partial charge in [-0.25, -0.2) is 0 Å². The molecule has 0 amide bonds. The average Bonchev–Trinajstić information content (AvgIpc) is 2.41. The minimum Gasteiger partial charge on any atom is -0.491 e. The van der Waals surface area contributed by atoms with Gasteiger partial charge in [0.2, 0.25) is 5.43 Å². The van der Waals surface area contributed by atoms with Crippen molar-refractivity contribution in [3.05, 3.63) is 22.5 Å². The Labute approximate surface area is 121 Å². The van der Waals surface area contributed by atoms with Gasteiger partial charge in [-0.05, 0) is 12.8 Å². The lowest BCUT2D eigenvalue weighted by atomic mass is 10.1. The predicted molar refractivity (Wildman–Crippen MR) is 72.9 cm³/mol. The number of methoxy groups -OCH3 is 1. The second-order valence-corrected chi connectivity index (χ2v) is 4.71. The van der Waals surface area contributed by atoms with Crippen LogP contribution in [0, 0.1) is 0 Å². The highest BCUT2D eigenvalue weighted by Gasteiger charge is 2.25. The summed E-state index contributed by atoms with van der Waals surface area (Å²) in [6.45, 7) is 0.418. The van der Waals surface area contributed by atoms with E-state index in [1.807, 2.05) is 0 Å². The first-order valence-electron chi connectivity index (χ1n) is 6.88. The Balaban J connectivity index is 2.09. The van der Waals surface area contributed by atoms with Crippen LogP contribution in [0.15, 0.2) is 17.1 Å². The van der Waals surface area contributed by atoms with Gasteiger partial charge < -0.3 is 14.5 Å². The summed E-state index contributed by atoms with van der Waals surface area (Å²) in [5.74, 6) is 0.574. The molecule has 1 aromatic rings. The molecule has 1 heterocycles. The summed E-state index contributed by atoms with van der Waals surface area (Å²) in [5.41, 5.74) is -0.265. The molecule has 0 unspecified atom stereocenters. The smallest absolute Gasteiger partial charge is 0.389 e. The molecule has 0 aromatic carbocycles. The van der Waals surface area contributed by atoms with Crippen molar-refractivity contribution < 1.29 is 22.6 Å². The Bertz CT molecular complexity index is 471. The van der Waals surface area contributed by atoms with E-state index in [4.69, 9.17) is 9.47 Å². The average molecular weight is 307 g/mol. The van der Waals surface area contributed by atoms with Crippen LogP contribution in [0.2, 0.25) is 0 Å². The number of unbranched alkanes of at least 4 members (excludes halogenated alkanes) is 4. The summed E-state index contributed by atoms with van der Waals surface area (Å²) in [4.78, 5) is 14.2. The number of rotatable bonds is 9. The number of halogens is 3. The summed E-state index contributed by atoms with van der Waals surface area (Å²) in [7, 11) is 1.41. The van der Waals surface area contributed by atoms with E-state index < -0.39 is 12.6 Å². The van der Waals surface area contributed by atoms with Gasteiger partial charge in [0.15, 0.2) is 11.6 Å². The predicted octanol–water partition coefficient (Wildman–Crippen LogP) is 3.67. The van der Waals surface area contributed by atoms with Crippen LogP contribution in [0.5, 0.6) is 11.6 Å². The van der Waals surface area contributed by atoms with Crippen LogP contribution in [0.3, 0.4) is 0 Å². The molecule has 4 nitrogen and oxygen atoms in total. The lowest BCUT2D eigenvalue weighted by Crippen LogP contribution is -2.07. The van der Waals surface area contributed by atoms with Gasteiger partial charge >= 0.3 is 6.18 Å². The molecule has 0 saturated heterocycles. The summed E-state index contributed by atoms with van der Waals surface area (Å²) in [6.07, 6.45) is -0.305. The van der Waals surface area contributed by atoms with Crippen molar-refractivity contribution in [2.45, 2.75) is 44.7 Å². The number of pyridine rings is 1. The van der Waals surface area contributed by atoms with E-state index >= 15 is 0 Å². The first-order valence-corrected chi connectivity index (χ1v) is 6.88. The SMILES string of the molecule is COc1c[nH]c(OCCCCCCCC(F)(F)F)cc1=O. The van der Waals surface area contributed by atoms with Crippen LogP contribution in [0.1, 0.15) is 38.5 Å². The number of nitrogens with one attached hydrogen (secondary N) is 1. The summed E-state index contributed by atoms with van der Waals surface area (Å²) in [6, 6.07) is 1.31. The topological polar surface area (TPSA) is 51.3 Å². The van der Waals surface area contributed by atoms with E-state index in [1.165, 1.54) is 19.4 Å². The second-order valence-electron chi connectivity index (χ2n) is 4.71. The zero-order valence-electron chi connectivity index (χ0n) is 12.0. The third-order valence-corrected chi connectivity index (χ3v) is 2.93. The third-order valence-electron chi connectivity index (χ3n) is 2.93. The van der Waals surface area contributed by atoms with Crippen molar-refractivity contribution in [2.75, 3.05) is 13.7 Å². The van der Waals surface area contributed by atoms with Crippen LogP contribution in [-0.2, 0) is 0 Å². The van der Waals surface area contributed by atoms with Crippen molar-refractivity contribution in [1.29, 1.82) is 0 Å². The molecule has 0 aliphatic heterocycles. The quantitative estimate of drug-likeness (QED) is 0.708.